The van der Waals surface area contributed by atoms with E-state index in [1.165, 1.54) is 18.3 Å². The molecule has 0 saturated carbocycles. The van der Waals surface area contributed by atoms with Crippen molar-refractivity contribution < 1.29 is 14.7 Å². The van der Waals surface area contributed by atoms with Gasteiger partial charge in [-0.1, -0.05) is 36.4 Å². The van der Waals surface area contributed by atoms with Crippen LogP contribution in [0.25, 0.3) is 16.9 Å². The Morgan fingerprint density at radius 2 is 1.71 bits per heavy atom. The number of nitrogens with one attached hydrogen (secondary N) is 2. The van der Waals surface area contributed by atoms with Crippen molar-refractivity contribution in [1.29, 1.82) is 0 Å². The topological polar surface area (TPSA) is 109 Å². The van der Waals surface area contributed by atoms with E-state index >= 15 is 0 Å². The van der Waals surface area contributed by atoms with Crippen molar-refractivity contribution in [2.75, 3.05) is 13.1 Å². The van der Waals surface area contributed by atoms with Gasteiger partial charge in [-0.15, -0.1) is 0 Å². The van der Waals surface area contributed by atoms with Crippen LogP contribution < -0.4 is 10.6 Å². The number of fused-ring (bicyclic) bond motifs is 1. The van der Waals surface area contributed by atoms with E-state index in [1.54, 1.807) is 22.8 Å². The van der Waals surface area contributed by atoms with Crippen molar-refractivity contribution in [3.05, 3.63) is 84.2 Å². The molecule has 4 rings (SSSR count). The Hall–Kier alpha value is -4.20. The first-order valence-corrected chi connectivity index (χ1v) is 9.87. The molecule has 0 bridgehead atoms. The molecule has 3 N–H and O–H groups in total. The number of amides is 2. The average molecular weight is 415 g/mol. The zero-order chi connectivity index (χ0) is 21.6. The fourth-order valence-electron chi connectivity index (χ4n) is 3.22. The molecule has 2 aromatic carbocycles. The number of nitrogens with zero attached hydrogens (tertiary/aromatic N) is 3. The number of aromatic nitrogens is 3. The van der Waals surface area contributed by atoms with Crippen LogP contribution in [-0.2, 0) is 0 Å². The van der Waals surface area contributed by atoms with Crippen LogP contribution in [0.5, 0.6) is 5.75 Å². The number of phenols is 1. The minimum absolute atomic E-state index is 0.0392. The Bertz CT molecular complexity index is 1220. The normalized spacial score (nSPS) is 10.7. The Morgan fingerprint density at radius 3 is 2.48 bits per heavy atom. The zero-order valence-corrected chi connectivity index (χ0v) is 16.7. The zero-order valence-electron chi connectivity index (χ0n) is 16.7. The summed E-state index contributed by atoms with van der Waals surface area (Å²) in [5.41, 5.74) is 3.08. The highest BCUT2D eigenvalue weighted by Gasteiger charge is 2.15. The maximum absolute atomic E-state index is 12.6. The lowest BCUT2D eigenvalue weighted by Gasteiger charge is -2.07. The van der Waals surface area contributed by atoms with E-state index in [-0.39, 0.29) is 17.6 Å². The van der Waals surface area contributed by atoms with E-state index in [2.05, 4.69) is 20.7 Å². The molecule has 8 nitrogen and oxygen atoms in total. The lowest BCUT2D eigenvalue weighted by Crippen LogP contribution is -2.29. The van der Waals surface area contributed by atoms with Crippen LogP contribution in [0.2, 0.25) is 0 Å². The second kappa shape index (κ2) is 9.08. The molecule has 0 spiro atoms. The molecule has 0 atom stereocenters. The van der Waals surface area contributed by atoms with E-state index in [0.29, 0.717) is 36.3 Å². The van der Waals surface area contributed by atoms with Gasteiger partial charge in [-0.05, 0) is 30.7 Å². The minimum Gasteiger partial charge on any atom is -0.508 e. The highest BCUT2D eigenvalue weighted by molar-refractivity contribution is 6.00. The number of phenolic OH excluding ortho intramolecular Hbond substituents is 1. The van der Waals surface area contributed by atoms with Gasteiger partial charge in [0, 0.05) is 30.4 Å². The summed E-state index contributed by atoms with van der Waals surface area (Å²) in [4.78, 5) is 29.0. The highest BCUT2D eigenvalue weighted by Crippen LogP contribution is 2.20. The van der Waals surface area contributed by atoms with Crippen LogP contribution in [0.15, 0.2) is 73.1 Å². The van der Waals surface area contributed by atoms with Crippen LogP contribution in [0, 0.1) is 0 Å². The third-order valence-electron chi connectivity index (χ3n) is 4.75. The molecular formula is C23H21N5O3. The van der Waals surface area contributed by atoms with Gasteiger partial charge < -0.3 is 15.7 Å². The van der Waals surface area contributed by atoms with Crippen molar-refractivity contribution in [2.45, 2.75) is 6.42 Å². The van der Waals surface area contributed by atoms with E-state index < -0.39 is 0 Å². The second-order valence-corrected chi connectivity index (χ2v) is 6.91. The van der Waals surface area contributed by atoms with E-state index in [4.69, 9.17) is 0 Å². The summed E-state index contributed by atoms with van der Waals surface area (Å²) in [5, 5.41) is 19.4. The number of carbonyl (C=O) groups is 2. The summed E-state index contributed by atoms with van der Waals surface area (Å²) >= 11 is 0. The number of benzene rings is 2. The van der Waals surface area contributed by atoms with Gasteiger partial charge in [-0.2, -0.15) is 5.10 Å². The Morgan fingerprint density at radius 1 is 0.935 bits per heavy atom. The van der Waals surface area contributed by atoms with Crippen molar-refractivity contribution in [2.24, 2.45) is 0 Å². The third kappa shape index (κ3) is 4.53. The molecule has 8 heteroatoms. The summed E-state index contributed by atoms with van der Waals surface area (Å²) in [6, 6.07) is 17.8. The van der Waals surface area contributed by atoms with Crippen molar-refractivity contribution in [3.8, 4) is 17.0 Å². The first kappa shape index (κ1) is 20.1. The van der Waals surface area contributed by atoms with Gasteiger partial charge in [0.1, 0.15) is 11.3 Å². The van der Waals surface area contributed by atoms with Crippen LogP contribution in [0.3, 0.4) is 0 Å². The SMILES string of the molecule is O=C(NCCCNC(=O)c1cnn2c(-c3ccccc3)ccnc12)c1cccc(O)c1. The quantitative estimate of drug-likeness (QED) is 0.402. The molecule has 2 aromatic heterocycles. The van der Waals surface area contributed by atoms with Crippen molar-refractivity contribution >= 4 is 17.5 Å². The molecule has 2 heterocycles. The van der Waals surface area contributed by atoms with Crippen molar-refractivity contribution in [3.63, 3.8) is 0 Å². The van der Waals surface area contributed by atoms with Gasteiger partial charge in [-0.25, -0.2) is 9.50 Å². The predicted molar refractivity (Wildman–Crippen MR) is 116 cm³/mol. The van der Waals surface area contributed by atoms with Gasteiger partial charge >= 0.3 is 0 Å². The minimum atomic E-state index is -0.275. The Balaban J connectivity index is 1.34. The molecular weight excluding hydrogens is 394 g/mol. The second-order valence-electron chi connectivity index (χ2n) is 6.91. The van der Waals surface area contributed by atoms with E-state index in [9.17, 15) is 14.7 Å². The molecule has 0 fully saturated rings. The van der Waals surface area contributed by atoms with Gasteiger partial charge in [0.15, 0.2) is 5.65 Å². The number of carbonyl (C=O) groups excluding carboxylic acids is 2. The van der Waals surface area contributed by atoms with Gasteiger partial charge in [0.2, 0.25) is 0 Å². The molecule has 0 aliphatic carbocycles. The molecule has 0 radical (unpaired) electrons. The fraction of sp³-hybridized carbons (Fsp3) is 0.130. The first-order chi connectivity index (χ1) is 15.1. The molecule has 0 aliphatic rings. The molecule has 4 aromatic rings. The van der Waals surface area contributed by atoms with Gasteiger partial charge in [0.25, 0.3) is 11.8 Å². The van der Waals surface area contributed by atoms with Gasteiger partial charge in [-0.3, -0.25) is 9.59 Å². The predicted octanol–water partition coefficient (Wildman–Crippen LogP) is 2.65. The van der Waals surface area contributed by atoms with Crippen molar-refractivity contribution in [1.82, 2.24) is 25.2 Å². The molecule has 0 aliphatic heterocycles. The molecule has 0 saturated heterocycles. The van der Waals surface area contributed by atoms with Gasteiger partial charge in [0.05, 0.1) is 11.9 Å². The summed E-state index contributed by atoms with van der Waals surface area (Å²) in [6.45, 7) is 0.773. The number of hydrogen-bond acceptors (Lipinski definition) is 5. The monoisotopic (exact) mass is 415 g/mol. The van der Waals surface area contributed by atoms with E-state index in [0.717, 1.165) is 11.3 Å². The lowest BCUT2D eigenvalue weighted by atomic mass is 10.1. The van der Waals surface area contributed by atoms with Crippen LogP contribution in [0.4, 0.5) is 0 Å². The summed E-state index contributed by atoms with van der Waals surface area (Å²) < 4.78 is 1.65. The average Bonchev–Trinajstić information content (AvgIpc) is 3.23. The Labute approximate surface area is 178 Å². The van der Waals surface area contributed by atoms with E-state index in [1.807, 2.05) is 36.4 Å². The number of hydrogen-bond donors (Lipinski definition) is 3. The fourth-order valence-corrected chi connectivity index (χ4v) is 3.22. The highest BCUT2D eigenvalue weighted by atomic mass is 16.3. The summed E-state index contributed by atoms with van der Waals surface area (Å²) in [6.07, 6.45) is 3.72. The maximum Gasteiger partial charge on any atom is 0.256 e. The Kier molecular flexibility index (Phi) is 5.89. The molecule has 31 heavy (non-hydrogen) atoms. The smallest absolute Gasteiger partial charge is 0.256 e. The van der Waals surface area contributed by atoms with Crippen LogP contribution in [-0.4, -0.2) is 44.6 Å². The third-order valence-corrected chi connectivity index (χ3v) is 4.75. The lowest BCUT2D eigenvalue weighted by molar-refractivity contribution is 0.0952. The molecule has 2 amide bonds. The first-order valence-electron chi connectivity index (χ1n) is 9.87. The maximum atomic E-state index is 12.6. The van der Waals surface area contributed by atoms with Crippen LogP contribution in [0.1, 0.15) is 27.1 Å². The summed E-state index contributed by atoms with van der Waals surface area (Å²) in [5.74, 6) is -0.508. The molecule has 0 unspecified atom stereocenters. The number of rotatable bonds is 7. The standard InChI is InChI=1S/C23H21N5O3/c29-18-9-4-8-17(14-18)22(30)25-11-5-12-26-23(31)19-15-27-28-20(10-13-24-21(19)28)16-6-2-1-3-7-16/h1-4,6-10,13-15,29H,5,11-12H2,(H,25,30)(H,26,31). The van der Waals surface area contributed by atoms with Crippen LogP contribution >= 0.6 is 0 Å². The summed E-state index contributed by atoms with van der Waals surface area (Å²) in [7, 11) is 0. The molecule has 156 valence electrons. The largest absolute Gasteiger partial charge is 0.508 e. The number of aromatic hydroxyl groups is 1.